The molecule has 0 radical (unpaired) electrons. The third-order valence-electron chi connectivity index (χ3n) is 2.47. The summed E-state index contributed by atoms with van der Waals surface area (Å²) in [5.74, 6) is -1.34. The van der Waals surface area contributed by atoms with Gasteiger partial charge in [0.25, 0.3) is 0 Å². The molecule has 6 heteroatoms. The molecule has 18 heavy (non-hydrogen) atoms. The van der Waals surface area contributed by atoms with Crippen molar-refractivity contribution in [2.45, 2.75) is 6.92 Å². The van der Waals surface area contributed by atoms with E-state index in [1.54, 1.807) is 6.92 Å². The standard InChI is InChI=1S/C12H11F2N3O/c1-6-3-4-7(13)10(11(6)14)8-5-9(18-2)17-12(15)16-8/h3-5H,1-2H3,(H2,15,16,17). The zero-order valence-corrected chi connectivity index (χ0v) is 9.87. The largest absolute Gasteiger partial charge is 0.481 e. The minimum atomic E-state index is -0.710. The van der Waals surface area contributed by atoms with Crippen LogP contribution < -0.4 is 10.5 Å². The third kappa shape index (κ3) is 2.09. The van der Waals surface area contributed by atoms with Crippen LogP contribution in [0.2, 0.25) is 0 Å². The van der Waals surface area contributed by atoms with E-state index < -0.39 is 11.6 Å². The highest BCUT2D eigenvalue weighted by Gasteiger charge is 2.16. The van der Waals surface area contributed by atoms with Gasteiger partial charge in [0.2, 0.25) is 11.8 Å². The number of aromatic nitrogens is 2. The quantitative estimate of drug-likeness (QED) is 0.889. The van der Waals surface area contributed by atoms with Crippen molar-refractivity contribution in [2.75, 3.05) is 12.8 Å². The Morgan fingerprint density at radius 1 is 1.22 bits per heavy atom. The fourth-order valence-electron chi connectivity index (χ4n) is 1.57. The predicted octanol–water partition coefficient (Wildman–Crippen LogP) is 2.32. The number of ether oxygens (including phenoxy) is 1. The molecule has 94 valence electrons. The lowest BCUT2D eigenvalue weighted by atomic mass is 10.1. The van der Waals surface area contributed by atoms with Gasteiger partial charge in [0.1, 0.15) is 11.6 Å². The number of hydrogen-bond donors (Lipinski definition) is 1. The maximum atomic E-state index is 13.9. The van der Waals surface area contributed by atoms with Gasteiger partial charge < -0.3 is 10.5 Å². The fraction of sp³-hybridized carbons (Fsp3) is 0.167. The Morgan fingerprint density at radius 2 is 1.94 bits per heavy atom. The molecule has 2 rings (SSSR count). The summed E-state index contributed by atoms with van der Waals surface area (Å²) in [7, 11) is 1.38. The Kier molecular flexibility index (Phi) is 3.10. The van der Waals surface area contributed by atoms with Crippen LogP contribution in [0.4, 0.5) is 14.7 Å². The molecule has 0 fully saturated rings. The highest BCUT2D eigenvalue weighted by atomic mass is 19.1. The number of rotatable bonds is 2. The van der Waals surface area contributed by atoms with Crippen LogP contribution in [-0.4, -0.2) is 17.1 Å². The van der Waals surface area contributed by atoms with E-state index in [2.05, 4.69) is 9.97 Å². The summed E-state index contributed by atoms with van der Waals surface area (Å²) < 4.78 is 32.5. The normalized spacial score (nSPS) is 10.4. The van der Waals surface area contributed by atoms with Gasteiger partial charge in [-0.05, 0) is 18.6 Å². The molecule has 0 saturated carbocycles. The molecule has 0 aliphatic carbocycles. The van der Waals surface area contributed by atoms with Gasteiger partial charge in [0.05, 0.1) is 18.4 Å². The summed E-state index contributed by atoms with van der Waals surface area (Å²) >= 11 is 0. The van der Waals surface area contributed by atoms with Gasteiger partial charge >= 0.3 is 0 Å². The van der Waals surface area contributed by atoms with E-state index in [1.165, 1.54) is 25.3 Å². The molecule has 0 saturated heterocycles. The van der Waals surface area contributed by atoms with Crippen molar-refractivity contribution < 1.29 is 13.5 Å². The molecule has 0 atom stereocenters. The summed E-state index contributed by atoms with van der Waals surface area (Å²) in [5.41, 5.74) is 5.61. The SMILES string of the molecule is COc1cc(-c2c(F)ccc(C)c2F)nc(N)n1. The molecule has 2 aromatic rings. The lowest BCUT2D eigenvalue weighted by molar-refractivity contribution is 0.398. The lowest BCUT2D eigenvalue weighted by Crippen LogP contribution is -2.02. The molecule has 2 N–H and O–H groups in total. The van der Waals surface area contributed by atoms with Gasteiger partial charge in [0.15, 0.2) is 0 Å². The average Bonchev–Trinajstić information content (AvgIpc) is 2.34. The summed E-state index contributed by atoms with van der Waals surface area (Å²) in [5, 5.41) is 0. The second kappa shape index (κ2) is 4.56. The van der Waals surface area contributed by atoms with E-state index in [-0.39, 0.29) is 23.1 Å². The number of nitrogens with zero attached hydrogens (tertiary/aromatic N) is 2. The van der Waals surface area contributed by atoms with Crippen molar-refractivity contribution in [1.82, 2.24) is 9.97 Å². The van der Waals surface area contributed by atoms with Crippen LogP contribution in [0.1, 0.15) is 5.56 Å². The highest BCUT2D eigenvalue weighted by molar-refractivity contribution is 5.64. The minimum Gasteiger partial charge on any atom is -0.481 e. The van der Waals surface area contributed by atoms with Crippen LogP contribution in [0.3, 0.4) is 0 Å². The molecule has 0 aliphatic heterocycles. The van der Waals surface area contributed by atoms with E-state index in [1.807, 2.05) is 0 Å². The number of aryl methyl sites for hydroxylation is 1. The topological polar surface area (TPSA) is 61.0 Å². The lowest BCUT2D eigenvalue weighted by Gasteiger charge is -2.08. The van der Waals surface area contributed by atoms with Gasteiger partial charge in [0, 0.05) is 6.07 Å². The maximum absolute atomic E-state index is 13.9. The van der Waals surface area contributed by atoms with Crippen molar-refractivity contribution >= 4 is 5.95 Å². The first-order valence-electron chi connectivity index (χ1n) is 5.16. The van der Waals surface area contributed by atoms with Crippen molar-refractivity contribution in [2.24, 2.45) is 0 Å². The van der Waals surface area contributed by atoms with Gasteiger partial charge in [-0.1, -0.05) is 6.07 Å². The predicted molar refractivity (Wildman–Crippen MR) is 63.1 cm³/mol. The molecule has 1 heterocycles. The van der Waals surface area contributed by atoms with Crippen LogP contribution >= 0.6 is 0 Å². The van der Waals surface area contributed by atoms with Gasteiger partial charge in [-0.3, -0.25) is 0 Å². The number of anilines is 1. The smallest absolute Gasteiger partial charge is 0.223 e. The number of nitrogens with two attached hydrogens (primary N) is 1. The number of halogens is 2. The van der Waals surface area contributed by atoms with E-state index in [0.29, 0.717) is 5.56 Å². The first kappa shape index (κ1) is 12.2. The Balaban J connectivity index is 2.69. The highest BCUT2D eigenvalue weighted by Crippen LogP contribution is 2.28. The van der Waals surface area contributed by atoms with E-state index in [4.69, 9.17) is 10.5 Å². The zero-order chi connectivity index (χ0) is 13.3. The van der Waals surface area contributed by atoms with E-state index in [0.717, 1.165) is 0 Å². The van der Waals surface area contributed by atoms with Gasteiger partial charge in [-0.2, -0.15) is 4.98 Å². The molecule has 1 aromatic heterocycles. The third-order valence-corrected chi connectivity index (χ3v) is 2.47. The Hall–Kier alpha value is -2.24. The summed E-state index contributed by atoms with van der Waals surface area (Å²) in [6.07, 6.45) is 0. The van der Waals surface area contributed by atoms with Crippen LogP contribution in [0.25, 0.3) is 11.3 Å². The molecule has 0 unspecified atom stereocenters. The molecular weight excluding hydrogens is 240 g/mol. The molecule has 0 spiro atoms. The number of methoxy groups -OCH3 is 1. The molecule has 0 amide bonds. The first-order chi connectivity index (χ1) is 8.52. The van der Waals surface area contributed by atoms with Gasteiger partial charge in [-0.15, -0.1) is 0 Å². The molecule has 4 nitrogen and oxygen atoms in total. The minimum absolute atomic E-state index is 0.0538. The van der Waals surface area contributed by atoms with Crippen LogP contribution in [0.15, 0.2) is 18.2 Å². The van der Waals surface area contributed by atoms with Crippen LogP contribution in [0, 0.1) is 18.6 Å². The van der Waals surface area contributed by atoms with E-state index >= 15 is 0 Å². The Bertz CT molecular complexity index is 602. The number of benzene rings is 1. The maximum Gasteiger partial charge on any atom is 0.223 e. The molecule has 0 aliphatic rings. The van der Waals surface area contributed by atoms with Crippen LogP contribution in [0.5, 0.6) is 5.88 Å². The zero-order valence-electron chi connectivity index (χ0n) is 9.87. The summed E-state index contributed by atoms with van der Waals surface area (Å²) in [6.45, 7) is 1.54. The first-order valence-corrected chi connectivity index (χ1v) is 5.16. The van der Waals surface area contributed by atoms with Crippen molar-refractivity contribution in [3.8, 4) is 17.1 Å². The fourth-order valence-corrected chi connectivity index (χ4v) is 1.57. The van der Waals surface area contributed by atoms with Crippen LogP contribution in [-0.2, 0) is 0 Å². The van der Waals surface area contributed by atoms with E-state index in [9.17, 15) is 8.78 Å². The molecule has 0 bridgehead atoms. The van der Waals surface area contributed by atoms with Gasteiger partial charge in [-0.25, -0.2) is 13.8 Å². The van der Waals surface area contributed by atoms with Crippen molar-refractivity contribution in [3.05, 3.63) is 35.4 Å². The monoisotopic (exact) mass is 251 g/mol. The summed E-state index contributed by atoms with van der Waals surface area (Å²) in [4.78, 5) is 7.58. The molecule has 1 aromatic carbocycles. The molecular formula is C12H11F2N3O. The average molecular weight is 251 g/mol. The number of hydrogen-bond acceptors (Lipinski definition) is 4. The Morgan fingerprint density at radius 3 is 2.61 bits per heavy atom. The second-order valence-electron chi connectivity index (χ2n) is 3.71. The summed E-state index contributed by atoms with van der Waals surface area (Å²) in [6, 6.07) is 3.87. The Labute approximate surface area is 102 Å². The number of nitrogen functional groups attached to an aromatic ring is 1. The van der Waals surface area contributed by atoms with Crippen molar-refractivity contribution in [3.63, 3.8) is 0 Å². The van der Waals surface area contributed by atoms with Crippen molar-refractivity contribution in [1.29, 1.82) is 0 Å². The second-order valence-corrected chi connectivity index (χ2v) is 3.71.